The summed E-state index contributed by atoms with van der Waals surface area (Å²) in [4.78, 5) is 28.8. The Bertz CT molecular complexity index is 1110. The Morgan fingerprint density at radius 1 is 0.917 bits per heavy atom. The van der Waals surface area contributed by atoms with Crippen molar-refractivity contribution in [2.45, 2.75) is 58.2 Å². The van der Waals surface area contributed by atoms with Crippen molar-refractivity contribution >= 4 is 23.4 Å². The van der Waals surface area contributed by atoms with Gasteiger partial charge in [-0.2, -0.15) is 0 Å². The average molecular weight is 507 g/mol. The number of ether oxygens (including phenoxy) is 1. The van der Waals surface area contributed by atoms with Gasteiger partial charge in [0.05, 0.1) is 6.61 Å². The van der Waals surface area contributed by atoms with Crippen molar-refractivity contribution in [2.75, 3.05) is 6.61 Å². The Morgan fingerprint density at radius 2 is 1.53 bits per heavy atom. The van der Waals surface area contributed by atoms with Gasteiger partial charge in [0.2, 0.25) is 11.8 Å². The maximum atomic E-state index is 13.6. The van der Waals surface area contributed by atoms with E-state index in [9.17, 15) is 9.59 Å². The van der Waals surface area contributed by atoms with Crippen molar-refractivity contribution in [1.29, 1.82) is 0 Å². The minimum absolute atomic E-state index is 0.114. The summed E-state index contributed by atoms with van der Waals surface area (Å²) in [7, 11) is 0. The zero-order valence-corrected chi connectivity index (χ0v) is 22.0. The second-order valence-electron chi connectivity index (χ2n) is 9.82. The van der Waals surface area contributed by atoms with Crippen molar-refractivity contribution in [3.8, 4) is 5.75 Å². The summed E-state index contributed by atoms with van der Waals surface area (Å²) in [6.45, 7) is 6.46. The van der Waals surface area contributed by atoms with E-state index in [1.54, 1.807) is 11.0 Å². The van der Waals surface area contributed by atoms with Gasteiger partial charge in [0.15, 0.2) is 0 Å². The van der Waals surface area contributed by atoms with E-state index in [0.29, 0.717) is 24.5 Å². The molecule has 3 rings (SSSR count). The molecule has 0 aliphatic rings. The van der Waals surface area contributed by atoms with E-state index in [2.05, 4.69) is 5.32 Å². The highest BCUT2D eigenvalue weighted by atomic mass is 35.5. The van der Waals surface area contributed by atoms with Crippen molar-refractivity contribution < 1.29 is 14.3 Å². The van der Waals surface area contributed by atoms with Crippen LogP contribution < -0.4 is 10.1 Å². The number of halogens is 1. The summed E-state index contributed by atoms with van der Waals surface area (Å²) in [5, 5.41) is 3.64. The van der Waals surface area contributed by atoms with E-state index in [-0.39, 0.29) is 24.8 Å². The molecule has 0 spiro atoms. The minimum Gasteiger partial charge on any atom is -0.494 e. The number of nitrogens with zero attached hydrogens (tertiary/aromatic N) is 1. The van der Waals surface area contributed by atoms with Crippen LogP contribution in [-0.4, -0.2) is 34.9 Å². The van der Waals surface area contributed by atoms with Gasteiger partial charge in [-0.05, 0) is 56.5 Å². The standard InChI is InChI=1S/C30H35ClN2O3/c1-30(2,3)32-29(35)27(21-23-13-6-4-7-14-23)33(22-24-15-10-11-18-26(24)31)28(34)19-12-20-36-25-16-8-5-9-17-25/h4-11,13-18,27H,12,19-22H2,1-3H3,(H,32,35)/t27-/m0/s1. The van der Waals surface area contributed by atoms with E-state index in [0.717, 1.165) is 16.9 Å². The van der Waals surface area contributed by atoms with Crippen molar-refractivity contribution in [1.82, 2.24) is 10.2 Å². The van der Waals surface area contributed by atoms with Crippen LogP contribution >= 0.6 is 11.6 Å². The van der Waals surface area contributed by atoms with Crippen LogP contribution in [0.15, 0.2) is 84.9 Å². The Hall–Kier alpha value is -3.31. The van der Waals surface area contributed by atoms with E-state index in [1.807, 2.05) is 99.6 Å². The van der Waals surface area contributed by atoms with E-state index in [1.165, 1.54) is 0 Å². The molecule has 0 heterocycles. The summed E-state index contributed by atoms with van der Waals surface area (Å²) in [5.41, 5.74) is 1.35. The van der Waals surface area contributed by atoms with Gasteiger partial charge in [-0.1, -0.05) is 78.3 Å². The fourth-order valence-electron chi connectivity index (χ4n) is 3.89. The van der Waals surface area contributed by atoms with Crippen LogP contribution in [0.5, 0.6) is 5.75 Å². The SMILES string of the molecule is CC(C)(C)NC(=O)[C@H](Cc1ccccc1)N(Cc1ccccc1Cl)C(=O)CCCOc1ccccc1. The molecule has 2 amide bonds. The van der Waals surface area contributed by atoms with Gasteiger partial charge in [0, 0.05) is 29.9 Å². The fourth-order valence-corrected chi connectivity index (χ4v) is 4.09. The third-order valence-electron chi connectivity index (χ3n) is 5.61. The first-order valence-electron chi connectivity index (χ1n) is 12.3. The molecule has 3 aromatic rings. The lowest BCUT2D eigenvalue weighted by Crippen LogP contribution is -2.54. The second-order valence-corrected chi connectivity index (χ2v) is 10.2. The Morgan fingerprint density at radius 3 is 2.17 bits per heavy atom. The van der Waals surface area contributed by atoms with Gasteiger partial charge in [-0.25, -0.2) is 0 Å². The number of benzene rings is 3. The van der Waals surface area contributed by atoms with Crippen molar-refractivity contribution in [3.63, 3.8) is 0 Å². The fraction of sp³-hybridized carbons (Fsp3) is 0.333. The van der Waals surface area contributed by atoms with Crippen LogP contribution in [0, 0.1) is 0 Å². The number of amides is 2. The lowest BCUT2D eigenvalue weighted by Gasteiger charge is -2.34. The predicted molar refractivity (Wildman–Crippen MR) is 145 cm³/mol. The number of para-hydroxylation sites is 1. The minimum atomic E-state index is -0.689. The normalized spacial score (nSPS) is 12.0. The van der Waals surface area contributed by atoms with E-state index < -0.39 is 11.6 Å². The quantitative estimate of drug-likeness (QED) is 0.322. The van der Waals surface area contributed by atoms with Crippen LogP contribution in [0.1, 0.15) is 44.7 Å². The van der Waals surface area contributed by atoms with Gasteiger partial charge < -0.3 is 15.0 Å². The molecule has 190 valence electrons. The topological polar surface area (TPSA) is 58.6 Å². The van der Waals surface area contributed by atoms with Gasteiger partial charge in [0.1, 0.15) is 11.8 Å². The average Bonchev–Trinajstić information content (AvgIpc) is 2.85. The molecular weight excluding hydrogens is 472 g/mol. The van der Waals surface area contributed by atoms with Gasteiger partial charge in [0.25, 0.3) is 0 Å². The smallest absolute Gasteiger partial charge is 0.243 e. The summed E-state index contributed by atoms with van der Waals surface area (Å²) in [6.07, 6.45) is 1.19. The van der Waals surface area contributed by atoms with Crippen LogP contribution in [-0.2, 0) is 22.6 Å². The Kier molecular flexibility index (Phi) is 9.95. The summed E-state index contributed by atoms with van der Waals surface area (Å²) in [6, 6.07) is 26.0. The van der Waals surface area contributed by atoms with Crippen LogP contribution in [0.2, 0.25) is 5.02 Å². The molecule has 0 unspecified atom stereocenters. The van der Waals surface area contributed by atoms with Gasteiger partial charge >= 0.3 is 0 Å². The molecule has 1 N–H and O–H groups in total. The van der Waals surface area contributed by atoms with Gasteiger partial charge in [-0.3, -0.25) is 9.59 Å². The monoisotopic (exact) mass is 506 g/mol. The zero-order chi connectivity index (χ0) is 26.0. The third-order valence-corrected chi connectivity index (χ3v) is 5.98. The molecule has 0 saturated carbocycles. The molecule has 3 aromatic carbocycles. The predicted octanol–water partition coefficient (Wildman–Crippen LogP) is 6.05. The number of hydrogen-bond acceptors (Lipinski definition) is 3. The maximum absolute atomic E-state index is 13.6. The number of rotatable bonds is 11. The lowest BCUT2D eigenvalue weighted by molar-refractivity contribution is -0.142. The maximum Gasteiger partial charge on any atom is 0.243 e. The van der Waals surface area contributed by atoms with Crippen LogP contribution in [0.25, 0.3) is 0 Å². The van der Waals surface area contributed by atoms with Crippen LogP contribution in [0.4, 0.5) is 0 Å². The van der Waals surface area contributed by atoms with E-state index >= 15 is 0 Å². The number of carbonyl (C=O) groups excluding carboxylic acids is 2. The third kappa shape index (κ3) is 8.72. The zero-order valence-electron chi connectivity index (χ0n) is 21.2. The molecule has 0 aliphatic carbocycles. The number of hydrogen-bond donors (Lipinski definition) is 1. The first-order valence-corrected chi connectivity index (χ1v) is 12.7. The molecule has 0 saturated heterocycles. The molecule has 0 aliphatic heterocycles. The largest absolute Gasteiger partial charge is 0.494 e. The highest BCUT2D eigenvalue weighted by Crippen LogP contribution is 2.22. The van der Waals surface area contributed by atoms with Crippen molar-refractivity contribution in [3.05, 3.63) is 101 Å². The van der Waals surface area contributed by atoms with E-state index in [4.69, 9.17) is 16.3 Å². The first-order chi connectivity index (χ1) is 17.2. The summed E-state index contributed by atoms with van der Waals surface area (Å²) < 4.78 is 5.77. The molecular formula is C30H35ClN2O3. The van der Waals surface area contributed by atoms with Crippen molar-refractivity contribution in [2.24, 2.45) is 0 Å². The molecule has 0 fully saturated rings. The summed E-state index contributed by atoms with van der Waals surface area (Å²) in [5.74, 6) is 0.466. The number of nitrogens with one attached hydrogen (secondary N) is 1. The molecule has 36 heavy (non-hydrogen) atoms. The molecule has 6 heteroatoms. The molecule has 0 bridgehead atoms. The highest BCUT2D eigenvalue weighted by molar-refractivity contribution is 6.31. The Balaban J connectivity index is 1.83. The van der Waals surface area contributed by atoms with Gasteiger partial charge in [-0.15, -0.1) is 0 Å². The second kappa shape index (κ2) is 13.1. The Labute approximate surface area is 219 Å². The highest BCUT2D eigenvalue weighted by Gasteiger charge is 2.32. The number of carbonyl (C=O) groups is 2. The summed E-state index contributed by atoms with van der Waals surface area (Å²) >= 11 is 6.46. The molecule has 1 atom stereocenters. The molecule has 0 radical (unpaired) electrons. The molecule has 5 nitrogen and oxygen atoms in total. The van der Waals surface area contributed by atoms with Crippen LogP contribution in [0.3, 0.4) is 0 Å². The lowest BCUT2D eigenvalue weighted by atomic mass is 10.00. The first kappa shape index (κ1) is 27.3. The molecule has 0 aromatic heterocycles.